The molecule has 3 fully saturated rings. The average Bonchev–Trinajstić information content (AvgIpc) is 2.83. The van der Waals surface area contributed by atoms with Crippen molar-refractivity contribution in [3.05, 3.63) is 0 Å². The first kappa shape index (κ1) is 12.0. The fraction of sp³-hybridized carbons (Fsp3) is 1.00. The zero-order chi connectivity index (χ0) is 12.6. The molecule has 0 saturated heterocycles. The van der Waals surface area contributed by atoms with Crippen molar-refractivity contribution in [2.45, 2.75) is 65.1 Å². The first-order valence-corrected chi connectivity index (χ1v) is 7.09. The Labute approximate surface area is 104 Å². The van der Waals surface area contributed by atoms with E-state index in [0.717, 1.165) is 25.7 Å². The van der Waals surface area contributed by atoms with Gasteiger partial charge < -0.3 is 10.2 Å². The van der Waals surface area contributed by atoms with E-state index in [1.807, 2.05) is 6.92 Å². The number of rotatable bonds is 0. The molecule has 2 heteroatoms. The number of aliphatic hydroxyl groups excluding tert-OH is 1. The van der Waals surface area contributed by atoms with Crippen molar-refractivity contribution in [2.24, 2.45) is 28.6 Å². The van der Waals surface area contributed by atoms with Gasteiger partial charge >= 0.3 is 0 Å². The Bertz CT molecular complexity index is 347. The molecule has 0 aromatic heterocycles. The molecule has 0 aromatic carbocycles. The Morgan fingerprint density at radius 2 is 1.65 bits per heavy atom. The van der Waals surface area contributed by atoms with E-state index in [4.69, 9.17) is 0 Å². The zero-order valence-electron chi connectivity index (χ0n) is 11.5. The van der Waals surface area contributed by atoms with Crippen LogP contribution in [0.5, 0.6) is 0 Å². The summed E-state index contributed by atoms with van der Waals surface area (Å²) in [4.78, 5) is 0. The summed E-state index contributed by atoms with van der Waals surface area (Å²) in [6.45, 7) is 8.89. The van der Waals surface area contributed by atoms with Crippen molar-refractivity contribution in [2.75, 3.05) is 0 Å². The Morgan fingerprint density at radius 1 is 1.00 bits per heavy atom. The van der Waals surface area contributed by atoms with Gasteiger partial charge in [-0.2, -0.15) is 0 Å². The van der Waals surface area contributed by atoms with Crippen LogP contribution in [0.4, 0.5) is 0 Å². The summed E-state index contributed by atoms with van der Waals surface area (Å²) >= 11 is 0. The van der Waals surface area contributed by atoms with Crippen molar-refractivity contribution < 1.29 is 10.2 Å². The van der Waals surface area contributed by atoms with Gasteiger partial charge in [0.05, 0.1) is 11.7 Å². The number of fused-ring (bicyclic) bond motifs is 3. The maximum Gasteiger partial charge on any atom is 0.0651 e. The third-order valence-corrected chi connectivity index (χ3v) is 6.35. The van der Waals surface area contributed by atoms with Gasteiger partial charge in [-0.1, -0.05) is 20.8 Å². The van der Waals surface area contributed by atoms with Gasteiger partial charge in [-0.25, -0.2) is 0 Å². The van der Waals surface area contributed by atoms with Crippen LogP contribution >= 0.6 is 0 Å². The summed E-state index contributed by atoms with van der Waals surface area (Å²) in [7, 11) is 0. The van der Waals surface area contributed by atoms with Gasteiger partial charge in [-0.05, 0) is 61.2 Å². The van der Waals surface area contributed by atoms with Crippen LogP contribution in [-0.4, -0.2) is 21.9 Å². The fourth-order valence-corrected chi connectivity index (χ4v) is 4.93. The molecule has 1 unspecified atom stereocenters. The predicted molar refractivity (Wildman–Crippen MR) is 67.5 cm³/mol. The van der Waals surface area contributed by atoms with Crippen LogP contribution in [-0.2, 0) is 0 Å². The van der Waals surface area contributed by atoms with Crippen molar-refractivity contribution >= 4 is 0 Å². The van der Waals surface area contributed by atoms with Gasteiger partial charge in [-0.3, -0.25) is 0 Å². The summed E-state index contributed by atoms with van der Waals surface area (Å²) in [5.41, 5.74) is -0.0592. The summed E-state index contributed by atoms with van der Waals surface area (Å²) in [5.74, 6) is 1.70. The molecule has 3 rings (SSSR count). The lowest BCUT2D eigenvalue weighted by Crippen LogP contribution is -2.57. The standard InChI is InChI=1S/C15H26O2/c1-13(2)7-10-12(13)9-8-14(9,3)11(16)5-6-15(10,4)17/h9-12,16-17H,5-8H2,1-4H3/t9-,10+,11+,12?,14-,15+/m1/s1. The Balaban J connectivity index is 1.92. The summed E-state index contributed by atoms with van der Waals surface area (Å²) in [6.07, 6.45) is 3.62. The number of aliphatic hydroxyl groups is 2. The highest BCUT2D eigenvalue weighted by molar-refractivity contribution is 5.17. The summed E-state index contributed by atoms with van der Waals surface area (Å²) in [5, 5.41) is 20.9. The molecule has 17 heavy (non-hydrogen) atoms. The van der Waals surface area contributed by atoms with E-state index in [-0.39, 0.29) is 11.5 Å². The molecule has 0 aromatic rings. The molecular formula is C15H26O2. The molecule has 3 saturated carbocycles. The lowest BCUT2D eigenvalue weighted by molar-refractivity contribution is -0.167. The normalized spacial score (nSPS) is 60.4. The van der Waals surface area contributed by atoms with E-state index in [9.17, 15) is 10.2 Å². The monoisotopic (exact) mass is 238 g/mol. The second-order valence-corrected chi connectivity index (χ2v) is 8.05. The average molecular weight is 238 g/mol. The molecule has 0 bridgehead atoms. The van der Waals surface area contributed by atoms with Crippen LogP contribution in [0.1, 0.15) is 53.4 Å². The predicted octanol–water partition coefficient (Wildman–Crippen LogP) is 2.58. The second kappa shape index (κ2) is 3.08. The summed E-state index contributed by atoms with van der Waals surface area (Å²) < 4.78 is 0. The van der Waals surface area contributed by atoms with E-state index in [1.54, 1.807) is 0 Å². The first-order chi connectivity index (χ1) is 7.68. The van der Waals surface area contributed by atoms with Crippen molar-refractivity contribution in [3.8, 4) is 0 Å². The van der Waals surface area contributed by atoms with Crippen molar-refractivity contribution in [3.63, 3.8) is 0 Å². The number of hydrogen-bond donors (Lipinski definition) is 2. The minimum Gasteiger partial charge on any atom is -0.393 e. The van der Waals surface area contributed by atoms with Gasteiger partial charge in [0.25, 0.3) is 0 Å². The van der Waals surface area contributed by atoms with E-state index < -0.39 is 5.60 Å². The topological polar surface area (TPSA) is 40.5 Å². The third kappa shape index (κ3) is 1.46. The van der Waals surface area contributed by atoms with Crippen molar-refractivity contribution in [1.82, 2.24) is 0 Å². The molecule has 3 aliphatic carbocycles. The molecule has 6 atom stereocenters. The molecule has 0 aliphatic heterocycles. The molecule has 0 heterocycles. The van der Waals surface area contributed by atoms with Crippen LogP contribution < -0.4 is 0 Å². The van der Waals surface area contributed by atoms with Crippen LogP contribution in [0.2, 0.25) is 0 Å². The molecular weight excluding hydrogens is 212 g/mol. The van der Waals surface area contributed by atoms with Gasteiger partial charge in [0.2, 0.25) is 0 Å². The Kier molecular flexibility index (Phi) is 2.17. The van der Waals surface area contributed by atoms with Crippen LogP contribution in [0.3, 0.4) is 0 Å². The molecule has 0 amide bonds. The highest BCUT2D eigenvalue weighted by Gasteiger charge is 2.68. The quantitative estimate of drug-likeness (QED) is 0.681. The minimum absolute atomic E-state index is 0.150. The molecule has 2 N–H and O–H groups in total. The van der Waals surface area contributed by atoms with Crippen molar-refractivity contribution in [1.29, 1.82) is 0 Å². The van der Waals surface area contributed by atoms with E-state index in [0.29, 0.717) is 23.2 Å². The highest BCUT2D eigenvalue weighted by atomic mass is 16.3. The largest absolute Gasteiger partial charge is 0.393 e. The molecule has 3 aliphatic rings. The van der Waals surface area contributed by atoms with Crippen LogP contribution in [0, 0.1) is 28.6 Å². The molecule has 98 valence electrons. The minimum atomic E-state index is -0.564. The van der Waals surface area contributed by atoms with E-state index in [2.05, 4.69) is 20.8 Å². The lowest BCUT2D eigenvalue weighted by Gasteiger charge is -2.59. The van der Waals surface area contributed by atoms with Crippen LogP contribution in [0.25, 0.3) is 0 Å². The number of hydrogen-bond acceptors (Lipinski definition) is 2. The Morgan fingerprint density at radius 3 is 2.24 bits per heavy atom. The second-order valence-electron chi connectivity index (χ2n) is 8.05. The zero-order valence-corrected chi connectivity index (χ0v) is 11.5. The Hall–Kier alpha value is -0.0800. The van der Waals surface area contributed by atoms with E-state index in [1.165, 1.54) is 0 Å². The first-order valence-electron chi connectivity index (χ1n) is 7.09. The van der Waals surface area contributed by atoms with Gasteiger partial charge in [0.15, 0.2) is 0 Å². The fourth-order valence-electron chi connectivity index (χ4n) is 4.93. The van der Waals surface area contributed by atoms with Gasteiger partial charge in [0, 0.05) is 0 Å². The lowest BCUT2D eigenvalue weighted by atomic mass is 9.48. The van der Waals surface area contributed by atoms with Gasteiger partial charge in [-0.15, -0.1) is 0 Å². The van der Waals surface area contributed by atoms with E-state index >= 15 is 0 Å². The van der Waals surface area contributed by atoms with Gasteiger partial charge in [0.1, 0.15) is 0 Å². The highest BCUT2D eigenvalue weighted by Crippen LogP contribution is 2.72. The SMILES string of the molecule is CC1(C)C[C@H]2C1[C@H]1C[C@@]1(C)[C@@H](O)CC[C@]2(C)O. The maximum atomic E-state index is 10.6. The smallest absolute Gasteiger partial charge is 0.0651 e. The molecule has 0 spiro atoms. The van der Waals surface area contributed by atoms with Crippen LogP contribution in [0.15, 0.2) is 0 Å². The molecule has 2 nitrogen and oxygen atoms in total. The third-order valence-electron chi connectivity index (χ3n) is 6.35. The molecule has 0 radical (unpaired) electrons. The summed E-state index contributed by atoms with van der Waals surface area (Å²) in [6, 6.07) is 0. The maximum absolute atomic E-state index is 10.6.